The van der Waals surface area contributed by atoms with Crippen molar-refractivity contribution >= 4 is 16.2 Å². The fourth-order valence-corrected chi connectivity index (χ4v) is 3.32. The summed E-state index contributed by atoms with van der Waals surface area (Å²) < 4.78 is 1.91. The standard InChI is InChI=1S/C12H12N2OS/c1-3-8(15)10-11(12(2)4-5-12)16-9-6-13-7-14(9)10/h1,6-8,15H,4-5H2,2H3. The molecule has 1 aliphatic rings. The number of aliphatic hydroxyl groups is 1. The maximum Gasteiger partial charge on any atom is 0.156 e. The molecule has 0 amide bonds. The van der Waals surface area contributed by atoms with Gasteiger partial charge in [0.25, 0.3) is 0 Å². The Morgan fingerprint density at radius 1 is 1.69 bits per heavy atom. The van der Waals surface area contributed by atoms with E-state index in [2.05, 4.69) is 17.8 Å². The summed E-state index contributed by atoms with van der Waals surface area (Å²) in [6, 6.07) is 0. The number of terminal acetylenes is 1. The van der Waals surface area contributed by atoms with Crippen molar-refractivity contribution in [2.45, 2.75) is 31.3 Å². The van der Waals surface area contributed by atoms with E-state index in [1.54, 1.807) is 17.7 Å². The molecule has 0 bridgehead atoms. The van der Waals surface area contributed by atoms with Crippen molar-refractivity contribution in [3.63, 3.8) is 0 Å². The lowest BCUT2D eigenvalue weighted by Crippen LogP contribution is -2.07. The molecule has 2 heterocycles. The Bertz CT molecular complexity index is 586. The van der Waals surface area contributed by atoms with Crippen molar-refractivity contribution in [2.24, 2.45) is 0 Å². The van der Waals surface area contributed by atoms with Crippen LogP contribution in [0.15, 0.2) is 12.5 Å². The average Bonchev–Trinajstić information content (AvgIpc) is 2.75. The van der Waals surface area contributed by atoms with Gasteiger partial charge in [0, 0.05) is 10.3 Å². The number of imidazole rings is 1. The number of nitrogens with zero attached hydrogens (tertiary/aromatic N) is 2. The first-order valence-corrected chi connectivity index (χ1v) is 6.07. The minimum Gasteiger partial charge on any atom is -0.374 e. The molecule has 1 aliphatic carbocycles. The average molecular weight is 232 g/mol. The molecule has 0 radical (unpaired) electrons. The third-order valence-corrected chi connectivity index (χ3v) is 4.69. The number of aromatic nitrogens is 2. The Kier molecular flexibility index (Phi) is 1.91. The van der Waals surface area contributed by atoms with Gasteiger partial charge in [-0.2, -0.15) is 0 Å². The second-order valence-corrected chi connectivity index (χ2v) is 5.58. The molecular weight excluding hydrogens is 220 g/mol. The van der Waals surface area contributed by atoms with Gasteiger partial charge in [0.05, 0.1) is 11.9 Å². The number of hydrogen-bond donors (Lipinski definition) is 1. The maximum absolute atomic E-state index is 9.93. The van der Waals surface area contributed by atoms with Crippen LogP contribution >= 0.6 is 11.3 Å². The van der Waals surface area contributed by atoms with Crippen molar-refractivity contribution in [3.05, 3.63) is 23.1 Å². The van der Waals surface area contributed by atoms with E-state index >= 15 is 0 Å². The van der Waals surface area contributed by atoms with Crippen LogP contribution in [0.5, 0.6) is 0 Å². The molecule has 1 saturated carbocycles. The van der Waals surface area contributed by atoms with E-state index in [1.807, 2.05) is 10.6 Å². The number of aliphatic hydroxyl groups excluding tert-OH is 1. The van der Waals surface area contributed by atoms with Crippen molar-refractivity contribution in [2.75, 3.05) is 0 Å². The second-order valence-electron chi connectivity index (χ2n) is 4.55. The molecule has 0 aliphatic heterocycles. The number of thiazole rings is 1. The predicted octanol–water partition coefficient (Wildman–Crippen LogP) is 2.11. The largest absolute Gasteiger partial charge is 0.374 e. The van der Waals surface area contributed by atoms with Crippen LogP contribution in [0.2, 0.25) is 0 Å². The van der Waals surface area contributed by atoms with Gasteiger partial charge in [0.1, 0.15) is 11.2 Å². The fourth-order valence-electron chi connectivity index (χ4n) is 1.99. The summed E-state index contributed by atoms with van der Waals surface area (Å²) in [5.41, 5.74) is 1.05. The lowest BCUT2D eigenvalue weighted by atomic mass is 10.0. The van der Waals surface area contributed by atoms with Gasteiger partial charge in [-0.25, -0.2) is 4.98 Å². The van der Waals surface area contributed by atoms with E-state index in [1.165, 1.54) is 17.7 Å². The zero-order chi connectivity index (χ0) is 11.3. The Labute approximate surface area is 97.8 Å². The minimum absolute atomic E-state index is 0.219. The van der Waals surface area contributed by atoms with Gasteiger partial charge in [-0.1, -0.05) is 12.8 Å². The molecule has 2 aromatic heterocycles. The molecule has 16 heavy (non-hydrogen) atoms. The first kappa shape index (κ1) is 9.88. The van der Waals surface area contributed by atoms with Crippen molar-refractivity contribution in [3.8, 4) is 12.3 Å². The van der Waals surface area contributed by atoms with Crippen LogP contribution in [0.1, 0.15) is 36.4 Å². The van der Waals surface area contributed by atoms with Gasteiger partial charge in [-0.05, 0) is 12.8 Å². The summed E-state index contributed by atoms with van der Waals surface area (Å²) >= 11 is 1.69. The highest BCUT2D eigenvalue weighted by Crippen LogP contribution is 2.52. The molecule has 82 valence electrons. The predicted molar refractivity (Wildman–Crippen MR) is 63.4 cm³/mol. The third kappa shape index (κ3) is 1.22. The van der Waals surface area contributed by atoms with E-state index in [4.69, 9.17) is 6.42 Å². The van der Waals surface area contributed by atoms with E-state index < -0.39 is 6.10 Å². The topological polar surface area (TPSA) is 37.5 Å². The summed E-state index contributed by atoms with van der Waals surface area (Å²) in [6.45, 7) is 2.22. The minimum atomic E-state index is -0.838. The number of rotatable bonds is 2. The highest BCUT2D eigenvalue weighted by atomic mass is 32.1. The Hall–Kier alpha value is -1.31. The summed E-state index contributed by atoms with van der Waals surface area (Å²) in [4.78, 5) is 6.34. The van der Waals surface area contributed by atoms with Crippen LogP contribution in [0.4, 0.5) is 0 Å². The highest BCUT2D eigenvalue weighted by molar-refractivity contribution is 7.17. The zero-order valence-electron chi connectivity index (χ0n) is 8.97. The van der Waals surface area contributed by atoms with Crippen LogP contribution in [-0.2, 0) is 5.41 Å². The van der Waals surface area contributed by atoms with E-state index in [9.17, 15) is 5.11 Å². The van der Waals surface area contributed by atoms with Gasteiger partial charge < -0.3 is 5.11 Å². The lowest BCUT2D eigenvalue weighted by molar-refractivity contribution is 0.231. The van der Waals surface area contributed by atoms with Crippen LogP contribution in [0, 0.1) is 12.3 Å². The molecule has 1 atom stereocenters. The third-order valence-electron chi connectivity index (χ3n) is 3.27. The first-order chi connectivity index (χ1) is 7.65. The van der Waals surface area contributed by atoms with E-state index in [0.717, 1.165) is 10.5 Å². The first-order valence-electron chi connectivity index (χ1n) is 5.25. The molecule has 2 aromatic rings. The van der Waals surface area contributed by atoms with Gasteiger partial charge in [0.15, 0.2) is 6.10 Å². The Morgan fingerprint density at radius 3 is 3.06 bits per heavy atom. The van der Waals surface area contributed by atoms with Gasteiger partial charge in [-0.15, -0.1) is 17.8 Å². The fraction of sp³-hybridized carbons (Fsp3) is 0.417. The van der Waals surface area contributed by atoms with Crippen molar-refractivity contribution in [1.29, 1.82) is 0 Å². The molecule has 1 N–H and O–H groups in total. The molecule has 3 nitrogen and oxygen atoms in total. The summed E-state index contributed by atoms with van der Waals surface area (Å²) in [5.74, 6) is 2.40. The van der Waals surface area contributed by atoms with E-state index in [-0.39, 0.29) is 5.41 Å². The molecule has 0 saturated heterocycles. The van der Waals surface area contributed by atoms with Gasteiger partial charge in [0.2, 0.25) is 0 Å². The second kappa shape index (κ2) is 3.09. The summed E-state index contributed by atoms with van der Waals surface area (Å²) in [7, 11) is 0. The molecule has 4 heteroatoms. The lowest BCUT2D eigenvalue weighted by Gasteiger charge is -2.11. The van der Waals surface area contributed by atoms with Crippen molar-refractivity contribution < 1.29 is 5.11 Å². The van der Waals surface area contributed by atoms with Gasteiger partial charge >= 0.3 is 0 Å². The molecular formula is C12H12N2OS. The van der Waals surface area contributed by atoms with Crippen LogP contribution < -0.4 is 0 Å². The number of fused-ring (bicyclic) bond motifs is 1. The molecule has 0 spiro atoms. The quantitative estimate of drug-likeness (QED) is 0.805. The molecule has 1 fully saturated rings. The SMILES string of the molecule is C#CC(O)c1c(C2(C)CC2)sc2cncn12. The van der Waals surface area contributed by atoms with Gasteiger partial charge in [-0.3, -0.25) is 4.40 Å². The Morgan fingerprint density at radius 2 is 2.44 bits per heavy atom. The monoisotopic (exact) mass is 232 g/mol. The van der Waals surface area contributed by atoms with E-state index in [0.29, 0.717) is 0 Å². The maximum atomic E-state index is 9.93. The van der Waals surface area contributed by atoms with Crippen molar-refractivity contribution in [1.82, 2.24) is 9.38 Å². The normalized spacial score (nSPS) is 19.6. The summed E-state index contributed by atoms with van der Waals surface area (Å²) in [6.07, 6.45) is 10.4. The van der Waals surface area contributed by atoms with Crippen LogP contribution in [0.25, 0.3) is 4.83 Å². The Balaban J connectivity index is 2.27. The van der Waals surface area contributed by atoms with Crippen LogP contribution in [-0.4, -0.2) is 14.5 Å². The zero-order valence-corrected chi connectivity index (χ0v) is 9.79. The number of hydrogen-bond acceptors (Lipinski definition) is 3. The smallest absolute Gasteiger partial charge is 0.156 e. The molecule has 0 aromatic carbocycles. The highest BCUT2D eigenvalue weighted by Gasteiger charge is 2.43. The van der Waals surface area contributed by atoms with Crippen LogP contribution in [0.3, 0.4) is 0 Å². The molecule has 1 unspecified atom stereocenters. The molecule has 3 rings (SSSR count). The summed E-state index contributed by atoms with van der Waals surface area (Å²) in [5, 5.41) is 9.93.